The zero-order valence-corrected chi connectivity index (χ0v) is 13.2. The van der Waals surface area contributed by atoms with Crippen molar-refractivity contribution in [3.05, 3.63) is 27.4 Å². The van der Waals surface area contributed by atoms with Crippen LogP contribution in [0.25, 0.3) is 0 Å². The summed E-state index contributed by atoms with van der Waals surface area (Å²) in [6.45, 7) is 7.27. The molecule has 0 aliphatic rings. The quantitative estimate of drug-likeness (QED) is 0.699. The van der Waals surface area contributed by atoms with Crippen molar-refractivity contribution in [2.75, 3.05) is 6.61 Å². The maximum absolute atomic E-state index is 12.0. The lowest BCUT2D eigenvalue weighted by molar-refractivity contribution is -0.123. The number of carbonyl (C=O) groups excluding carboxylic acids is 1. The SMILES string of the molecule is CCC(CC)(CO)NC(=O)CCc1c(C)nc(C)[nH]c1=O. The van der Waals surface area contributed by atoms with E-state index in [9.17, 15) is 14.7 Å². The van der Waals surface area contributed by atoms with Crippen LogP contribution in [0.3, 0.4) is 0 Å². The highest BCUT2D eigenvalue weighted by Crippen LogP contribution is 2.14. The molecule has 0 bridgehead atoms. The number of rotatable bonds is 7. The number of hydrogen-bond donors (Lipinski definition) is 3. The van der Waals surface area contributed by atoms with E-state index in [1.54, 1.807) is 13.8 Å². The lowest BCUT2D eigenvalue weighted by Crippen LogP contribution is -2.50. The normalized spacial score (nSPS) is 11.5. The summed E-state index contributed by atoms with van der Waals surface area (Å²) in [5.41, 5.74) is 0.443. The van der Waals surface area contributed by atoms with Gasteiger partial charge in [-0.3, -0.25) is 9.59 Å². The lowest BCUT2D eigenvalue weighted by atomic mass is 9.93. The molecule has 1 aromatic heterocycles. The molecule has 0 aromatic carbocycles. The van der Waals surface area contributed by atoms with Gasteiger partial charge in [0.15, 0.2) is 0 Å². The zero-order chi connectivity index (χ0) is 16.0. The first-order valence-electron chi connectivity index (χ1n) is 7.35. The van der Waals surface area contributed by atoms with Crippen LogP contribution >= 0.6 is 0 Å². The Hall–Kier alpha value is -1.69. The number of aryl methyl sites for hydroxylation is 2. The van der Waals surface area contributed by atoms with Gasteiger partial charge in [0.05, 0.1) is 12.1 Å². The number of H-pyrrole nitrogens is 1. The highest BCUT2D eigenvalue weighted by molar-refractivity contribution is 5.77. The second kappa shape index (κ2) is 7.36. The van der Waals surface area contributed by atoms with E-state index in [1.807, 2.05) is 13.8 Å². The van der Waals surface area contributed by atoms with E-state index < -0.39 is 5.54 Å². The van der Waals surface area contributed by atoms with Gasteiger partial charge in [-0.1, -0.05) is 13.8 Å². The molecule has 0 aliphatic heterocycles. The van der Waals surface area contributed by atoms with Crippen LogP contribution in [-0.2, 0) is 11.2 Å². The highest BCUT2D eigenvalue weighted by Gasteiger charge is 2.27. The van der Waals surface area contributed by atoms with Gasteiger partial charge in [0.2, 0.25) is 5.91 Å². The van der Waals surface area contributed by atoms with Crippen LogP contribution in [0.4, 0.5) is 0 Å². The van der Waals surface area contributed by atoms with Crippen molar-refractivity contribution in [2.45, 2.75) is 58.9 Å². The fourth-order valence-electron chi connectivity index (χ4n) is 2.33. The Labute approximate surface area is 125 Å². The summed E-state index contributed by atoms with van der Waals surface area (Å²) in [5, 5.41) is 12.3. The lowest BCUT2D eigenvalue weighted by Gasteiger charge is -2.30. The molecule has 1 heterocycles. The van der Waals surface area contributed by atoms with Crippen molar-refractivity contribution in [2.24, 2.45) is 0 Å². The van der Waals surface area contributed by atoms with Gasteiger partial charge in [-0.2, -0.15) is 0 Å². The smallest absolute Gasteiger partial charge is 0.254 e. The molecular formula is C15H25N3O3. The third kappa shape index (κ3) is 4.39. The monoisotopic (exact) mass is 295 g/mol. The van der Waals surface area contributed by atoms with Crippen molar-refractivity contribution in [1.29, 1.82) is 0 Å². The first-order valence-corrected chi connectivity index (χ1v) is 7.35. The van der Waals surface area contributed by atoms with Crippen LogP contribution < -0.4 is 10.9 Å². The second-order valence-corrected chi connectivity index (χ2v) is 5.41. The third-order valence-electron chi connectivity index (χ3n) is 4.00. The molecular weight excluding hydrogens is 270 g/mol. The number of amides is 1. The Bertz CT molecular complexity index is 539. The van der Waals surface area contributed by atoms with Crippen molar-refractivity contribution < 1.29 is 9.90 Å². The molecule has 6 heteroatoms. The first kappa shape index (κ1) is 17.4. The molecule has 21 heavy (non-hydrogen) atoms. The van der Waals surface area contributed by atoms with E-state index in [-0.39, 0.29) is 24.5 Å². The Morgan fingerprint density at radius 3 is 2.43 bits per heavy atom. The van der Waals surface area contributed by atoms with E-state index in [2.05, 4.69) is 15.3 Å². The van der Waals surface area contributed by atoms with Crippen LogP contribution in [0.5, 0.6) is 0 Å². The molecule has 0 unspecified atom stereocenters. The molecule has 1 amide bonds. The average molecular weight is 295 g/mol. The summed E-state index contributed by atoms with van der Waals surface area (Å²) in [7, 11) is 0. The molecule has 0 aliphatic carbocycles. The molecule has 0 spiro atoms. The maximum atomic E-state index is 12.0. The predicted molar refractivity (Wildman–Crippen MR) is 81.2 cm³/mol. The van der Waals surface area contributed by atoms with Gasteiger partial charge in [0, 0.05) is 17.7 Å². The van der Waals surface area contributed by atoms with Crippen molar-refractivity contribution in [1.82, 2.24) is 15.3 Å². The maximum Gasteiger partial charge on any atom is 0.254 e. The molecule has 0 fully saturated rings. The third-order valence-corrected chi connectivity index (χ3v) is 4.00. The van der Waals surface area contributed by atoms with Crippen molar-refractivity contribution in [3.8, 4) is 0 Å². The largest absolute Gasteiger partial charge is 0.394 e. The number of aliphatic hydroxyl groups excluding tert-OH is 1. The van der Waals surface area contributed by atoms with Gasteiger partial charge in [-0.25, -0.2) is 4.98 Å². The zero-order valence-electron chi connectivity index (χ0n) is 13.2. The predicted octanol–water partition coefficient (Wildman–Crippen LogP) is 0.987. The van der Waals surface area contributed by atoms with Gasteiger partial charge in [-0.15, -0.1) is 0 Å². The number of nitrogens with one attached hydrogen (secondary N) is 2. The molecule has 0 atom stereocenters. The number of carbonyl (C=O) groups is 1. The van der Waals surface area contributed by atoms with E-state index in [4.69, 9.17) is 0 Å². The minimum atomic E-state index is -0.565. The molecule has 1 rings (SSSR count). The topological polar surface area (TPSA) is 95.1 Å². The molecule has 3 N–H and O–H groups in total. The molecule has 6 nitrogen and oxygen atoms in total. The summed E-state index contributed by atoms with van der Waals surface area (Å²) in [6, 6.07) is 0. The van der Waals surface area contributed by atoms with E-state index in [0.717, 1.165) is 0 Å². The standard InChI is InChI=1S/C15H25N3O3/c1-5-15(6-2,9-19)18-13(20)8-7-12-10(3)16-11(4)17-14(12)21/h19H,5-9H2,1-4H3,(H,18,20)(H,16,17,21). The van der Waals surface area contributed by atoms with Crippen LogP contribution in [-0.4, -0.2) is 33.1 Å². The Kier molecular flexibility index (Phi) is 6.08. The Balaban J connectivity index is 2.72. The Morgan fingerprint density at radius 2 is 1.95 bits per heavy atom. The molecule has 0 saturated carbocycles. The average Bonchev–Trinajstić information content (AvgIpc) is 2.43. The Morgan fingerprint density at radius 1 is 1.33 bits per heavy atom. The molecule has 0 radical (unpaired) electrons. The van der Waals surface area contributed by atoms with Crippen LogP contribution in [0.2, 0.25) is 0 Å². The first-order chi connectivity index (χ1) is 9.87. The second-order valence-electron chi connectivity index (χ2n) is 5.41. The van der Waals surface area contributed by atoms with Crippen LogP contribution in [0.15, 0.2) is 4.79 Å². The van der Waals surface area contributed by atoms with Gasteiger partial charge in [-0.05, 0) is 33.1 Å². The van der Waals surface area contributed by atoms with E-state index in [0.29, 0.717) is 36.3 Å². The molecule has 1 aromatic rings. The summed E-state index contributed by atoms with van der Waals surface area (Å²) in [4.78, 5) is 30.8. The van der Waals surface area contributed by atoms with Crippen LogP contribution in [0, 0.1) is 13.8 Å². The minimum absolute atomic E-state index is 0.0859. The fraction of sp³-hybridized carbons (Fsp3) is 0.667. The van der Waals surface area contributed by atoms with E-state index >= 15 is 0 Å². The van der Waals surface area contributed by atoms with Crippen LogP contribution in [0.1, 0.15) is 50.2 Å². The summed E-state index contributed by atoms with van der Waals surface area (Å²) >= 11 is 0. The number of hydrogen-bond acceptors (Lipinski definition) is 4. The highest BCUT2D eigenvalue weighted by atomic mass is 16.3. The number of aromatic amines is 1. The molecule has 0 saturated heterocycles. The van der Waals surface area contributed by atoms with Gasteiger partial charge in [0.1, 0.15) is 5.82 Å². The number of aromatic nitrogens is 2. The van der Waals surface area contributed by atoms with Crippen molar-refractivity contribution >= 4 is 5.91 Å². The van der Waals surface area contributed by atoms with Crippen molar-refractivity contribution in [3.63, 3.8) is 0 Å². The number of nitrogens with zero attached hydrogens (tertiary/aromatic N) is 1. The minimum Gasteiger partial charge on any atom is -0.394 e. The summed E-state index contributed by atoms with van der Waals surface area (Å²) in [6.07, 6.45) is 1.88. The van der Waals surface area contributed by atoms with Gasteiger partial charge < -0.3 is 15.4 Å². The van der Waals surface area contributed by atoms with E-state index in [1.165, 1.54) is 0 Å². The fourth-order valence-corrected chi connectivity index (χ4v) is 2.33. The number of aliphatic hydroxyl groups is 1. The molecule has 118 valence electrons. The van der Waals surface area contributed by atoms with Gasteiger partial charge >= 0.3 is 0 Å². The summed E-state index contributed by atoms with van der Waals surface area (Å²) in [5.74, 6) is 0.411. The summed E-state index contributed by atoms with van der Waals surface area (Å²) < 4.78 is 0. The van der Waals surface area contributed by atoms with Gasteiger partial charge in [0.25, 0.3) is 5.56 Å².